The summed E-state index contributed by atoms with van der Waals surface area (Å²) in [5.74, 6) is 1.20. The van der Waals surface area contributed by atoms with E-state index < -0.39 is 23.3 Å². The van der Waals surface area contributed by atoms with E-state index in [2.05, 4.69) is 15.6 Å². The number of aromatic nitrogens is 2. The van der Waals surface area contributed by atoms with Crippen LogP contribution in [0.3, 0.4) is 0 Å². The number of aromatic amines is 1. The normalized spacial score (nSPS) is 15.8. The lowest BCUT2D eigenvalue weighted by molar-refractivity contribution is 0.248. The third-order valence-corrected chi connectivity index (χ3v) is 3.98. The fourth-order valence-electron chi connectivity index (χ4n) is 2.79. The molecule has 132 valence electrons. The molecule has 1 aliphatic rings. The zero-order valence-corrected chi connectivity index (χ0v) is 14.0. The van der Waals surface area contributed by atoms with Crippen LogP contribution in [0.2, 0.25) is 0 Å². The van der Waals surface area contributed by atoms with Gasteiger partial charge in [-0.2, -0.15) is 0 Å². The first-order chi connectivity index (χ1) is 12.0. The van der Waals surface area contributed by atoms with Crippen molar-refractivity contribution >= 4 is 11.8 Å². The van der Waals surface area contributed by atoms with Gasteiger partial charge in [-0.25, -0.2) is 9.59 Å². The van der Waals surface area contributed by atoms with Crippen LogP contribution in [0, 0.1) is 0 Å². The highest BCUT2D eigenvalue weighted by atomic mass is 16.5. The number of hydrogen-bond acceptors (Lipinski definition) is 5. The number of hydrogen-bond donors (Lipinski definition) is 3. The maximum atomic E-state index is 12.3. The first kappa shape index (κ1) is 16.6. The molecule has 0 bridgehead atoms. The molecule has 3 rings (SSSR count). The highest BCUT2D eigenvalue weighted by Crippen LogP contribution is 2.34. The van der Waals surface area contributed by atoms with Gasteiger partial charge in [-0.3, -0.25) is 19.7 Å². The standard InChI is InChI=1S/C16H18N4O5/c1-4-25-9-6-5-8(7-10(9)24-3)12-11-13(18-15(22)17-12)20(2)16(23)19-14(11)21/h5-7,12H,4H2,1-3H3,(H2,17,18,22)(H,19,21,23). The molecule has 0 fully saturated rings. The molecule has 25 heavy (non-hydrogen) atoms. The predicted molar refractivity (Wildman–Crippen MR) is 90.5 cm³/mol. The Hall–Kier alpha value is -3.23. The van der Waals surface area contributed by atoms with E-state index in [1.54, 1.807) is 18.2 Å². The Morgan fingerprint density at radius 3 is 2.64 bits per heavy atom. The number of methoxy groups -OCH3 is 1. The van der Waals surface area contributed by atoms with Crippen LogP contribution in [0.25, 0.3) is 0 Å². The van der Waals surface area contributed by atoms with Gasteiger partial charge in [-0.05, 0) is 24.6 Å². The fourth-order valence-corrected chi connectivity index (χ4v) is 2.79. The highest BCUT2D eigenvalue weighted by molar-refractivity contribution is 5.92. The molecular weight excluding hydrogens is 328 g/mol. The topological polar surface area (TPSA) is 114 Å². The van der Waals surface area contributed by atoms with Gasteiger partial charge in [-0.1, -0.05) is 6.07 Å². The Labute approximate surface area is 142 Å². The molecule has 0 aliphatic carbocycles. The zero-order valence-electron chi connectivity index (χ0n) is 14.0. The van der Waals surface area contributed by atoms with Crippen LogP contribution >= 0.6 is 0 Å². The number of urea groups is 1. The van der Waals surface area contributed by atoms with E-state index in [1.807, 2.05) is 6.92 Å². The van der Waals surface area contributed by atoms with Gasteiger partial charge in [0.1, 0.15) is 5.82 Å². The number of nitrogens with zero attached hydrogens (tertiary/aromatic N) is 1. The van der Waals surface area contributed by atoms with Crippen LogP contribution in [-0.4, -0.2) is 29.3 Å². The third kappa shape index (κ3) is 2.84. The number of H-pyrrole nitrogens is 1. The number of fused-ring (bicyclic) bond motifs is 1. The van der Waals surface area contributed by atoms with E-state index in [0.29, 0.717) is 23.7 Å². The molecule has 2 aromatic rings. The van der Waals surface area contributed by atoms with Crippen molar-refractivity contribution in [1.29, 1.82) is 0 Å². The first-order valence-corrected chi connectivity index (χ1v) is 7.67. The van der Waals surface area contributed by atoms with E-state index >= 15 is 0 Å². The maximum absolute atomic E-state index is 12.3. The van der Waals surface area contributed by atoms with Gasteiger partial charge in [-0.15, -0.1) is 0 Å². The average molecular weight is 346 g/mol. The van der Waals surface area contributed by atoms with Gasteiger partial charge in [0.15, 0.2) is 11.5 Å². The predicted octanol–water partition coefficient (Wildman–Crippen LogP) is 0.705. The molecule has 1 aromatic carbocycles. The van der Waals surface area contributed by atoms with Crippen molar-refractivity contribution in [2.75, 3.05) is 19.0 Å². The Balaban J connectivity index is 2.17. The minimum Gasteiger partial charge on any atom is -0.493 e. The monoisotopic (exact) mass is 346 g/mol. The summed E-state index contributed by atoms with van der Waals surface area (Å²) in [5, 5.41) is 5.20. The number of benzene rings is 1. The van der Waals surface area contributed by atoms with Gasteiger partial charge in [0.05, 0.1) is 25.3 Å². The second-order valence-corrected chi connectivity index (χ2v) is 5.46. The fraction of sp³-hybridized carbons (Fsp3) is 0.312. The number of ether oxygens (including phenoxy) is 2. The van der Waals surface area contributed by atoms with Gasteiger partial charge >= 0.3 is 11.7 Å². The molecule has 3 N–H and O–H groups in total. The van der Waals surface area contributed by atoms with Gasteiger partial charge in [0, 0.05) is 7.05 Å². The van der Waals surface area contributed by atoms with E-state index in [1.165, 1.54) is 18.7 Å². The SMILES string of the molecule is CCOc1ccc(C2NC(=O)Nc3c2c(=O)[nH]c(=O)n3C)cc1OC. The molecule has 1 atom stereocenters. The Morgan fingerprint density at radius 1 is 1.20 bits per heavy atom. The molecule has 0 saturated carbocycles. The minimum absolute atomic E-state index is 0.162. The van der Waals surface area contributed by atoms with Crippen LogP contribution in [0.1, 0.15) is 24.1 Å². The third-order valence-electron chi connectivity index (χ3n) is 3.98. The molecule has 0 saturated heterocycles. The number of anilines is 1. The molecule has 0 radical (unpaired) electrons. The van der Waals surface area contributed by atoms with E-state index in [-0.39, 0.29) is 11.4 Å². The van der Waals surface area contributed by atoms with Crippen molar-refractivity contribution < 1.29 is 14.3 Å². The summed E-state index contributed by atoms with van der Waals surface area (Å²) in [7, 11) is 2.98. The highest BCUT2D eigenvalue weighted by Gasteiger charge is 2.31. The van der Waals surface area contributed by atoms with Crippen molar-refractivity contribution in [2.24, 2.45) is 7.05 Å². The van der Waals surface area contributed by atoms with E-state index in [0.717, 1.165) is 0 Å². The second-order valence-electron chi connectivity index (χ2n) is 5.46. The van der Waals surface area contributed by atoms with Crippen LogP contribution in [0.5, 0.6) is 11.5 Å². The van der Waals surface area contributed by atoms with Crippen molar-refractivity contribution in [2.45, 2.75) is 13.0 Å². The number of carbonyl (C=O) groups excluding carboxylic acids is 1. The zero-order chi connectivity index (χ0) is 18.1. The van der Waals surface area contributed by atoms with Gasteiger partial charge < -0.3 is 14.8 Å². The summed E-state index contributed by atoms with van der Waals surface area (Å²) in [5.41, 5.74) is -0.300. The summed E-state index contributed by atoms with van der Waals surface area (Å²) in [6.45, 7) is 2.33. The Bertz CT molecular complexity index is 947. The molecule has 1 aliphatic heterocycles. The summed E-state index contributed by atoms with van der Waals surface area (Å²) in [6, 6.07) is 3.89. The Kier molecular flexibility index (Phi) is 4.22. The van der Waals surface area contributed by atoms with Crippen molar-refractivity contribution in [1.82, 2.24) is 14.9 Å². The summed E-state index contributed by atoms with van der Waals surface area (Å²) in [6.07, 6.45) is 0. The van der Waals surface area contributed by atoms with E-state index in [9.17, 15) is 14.4 Å². The second kappa shape index (κ2) is 6.34. The van der Waals surface area contributed by atoms with E-state index in [4.69, 9.17) is 9.47 Å². The van der Waals surface area contributed by atoms with Gasteiger partial charge in [0.25, 0.3) is 5.56 Å². The minimum atomic E-state index is -0.733. The van der Waals surface area contributed by atoms with Crippen LogP contribution in [0.15, 0.2) is 27.8 Å². The average Bonchev–Trinajstić information content (AvgIpc) is 2.59. The first-order valence-electron chi connectivity index (χ1n) is 7.67. The lowest BCUT2D eigenvalue weighted by Crippen LogP contribution is -2.46. The molecule has 2 heterocycles. The quantitative estimate of drug-likeness (QED) is 0.754. The van der Waals surface area contributed by atoms with Crippen molar-refractivity contribution in [3.63, 3.8) is 0 Å². The van der Waals surface area contributed by atoms with Crippen LogP contribution in [0.4, 0.5) is 10.6 Å². The molecular formula is C16H18N4O5. The number of carbonyl (C=O) groups is 1. The molecule has 0 spiro atoms. The number of nitrogens with one attached hydrogen (secondary N) is 3. The maximum Gasteiger partial charge on any atom is 0.329 e. The molecule has 1 unspecified atom stereocenters. The van der Waals surface area contributed by atoms with Crippen molar-refractivity contribution in [3.8, 4) is 11.5 Å². The van der Waals surface area contributed by atoms with Crippen LogP contribution < -0.4 is 31.4 Å². The Morgan fingerprint density at radius 2 is 1.96 bits per heavy atom. The summed E-state index contributed by atoms with van der Waals surface area (Å²) >= 11 is 0. The van der Waals surface area contributed by atoms with Crippen LogP contribution in [-0.2, 0) is 7.05 Å². The summed E-state index contributed by atoms with van der Waals surface area (Å²) < 4.78 is 12.0. The largest absolute Gasteiger partial charge is 0.493 e. The molecule has 1 aromatic heterocycles. The lowest BCUT2D eigenvalue weighted by Gasteiger charge is -2.28. The van der Waals surface area contributed by atoms with Gasteiger partial charge in [0.2, 0.25) is 0 Å². The molecule has 9 heteroatoms. The number of rotatable bonds is 4. The summed E-state index contributed by atoms with van der Waals surface area (Å²) in [4.78, 5) is 38.4. The molecule has 2 amide bonds. The number of amides is 2. The smallest absolute Gasteiger partial charge is 0.329 e. The molecule has 9 nitrogen and oxygen atoms in total. The van der Waals surface area contributed by atoms with Crippen molar-refractivity contribution in [3.05, 3.63) is 50.2 Å². The lowest BCUT2D eigenvalue weighted by atomic mass is 9.98.